The van der Waals surface area contributed by atoms with Crippen LogP contribution in [0.2, 0.25) is 0 Å². The lowest BCUT2D eigenvalue weighted by Crippen LogP contribution is -2.17. The van der Waals surface area contributed by atoms with Crippen molar-refractivity contribution in [3.8, 4) is 5.75 Å². The van der Waals surface area contributed by atoms with Gasteiger partial charge in [0.2, 0.25) is 0 Å². The molecule has 0 bridgehead atoms. The van der Waals surface area contributed by atoms with Gasteiger partial charge in [-0.05, 0) is 59.7 Å². The fourth-order valence-corrected chi connectivity index (χ4v) is 7.27. The number of methoxy groups -OCH3 is 1. The molecule has 3 aromatic carbocycles. The van der Waals surface area contributed by atoms with Crippen LogP contribution in [0, 0.1) is 0 Å². The lowest BCUT2D eigenvalue weighted by atomic mass is 10.2. The number of thioether (sulfide) groups is 1. The third kappa shape index (κ3) is 4.96. The van der Waals surface area contributed by atoms with E-state index >= 15 is 0 Å². The van der Waals surface area contributed by atoms with E-state index in [0.717, 1.165) is 20.3 Å². The summed E-state index contributed by atoms with van der Waals surface area (Å²) in [6.07, 6.45) is 1.77. The van der Waals surface area contributed by atoms with Crippen LogP contribution in [-0.2, 0) is 20.4 Å². The summed E-state index contributed by atoms with van der Waals surface area (Å²) < 4.78 is 32.9. The summed E-state index contributed by atoms with van der Waals surface area (Å²) in [5, 5.41) is 2.84. The van der Waals surface area contributed by atoms with Crippen LogP contribution in [0.25, 0.3) is 6.08 Å². The predicted molar refractivity (Wildman–Crippen MR) is 135 cm³/mol. The van der Waals surface area contributed by atoms with Crippen LogP contribution in [-0.4, -0.2) is 21.4 Å². The predicted octanol–water partition coefficient (Wildman–Crippen LogP) is 6.28. The van der Waals surface area contributed by atoms with Crippen LogP contribution in [0.15, 0.2) is 84.3 Å². The maximum atomic E-state index is 13.1. The van der Waals surface area contributed by atoms with Crippen LogP contribution >= 0.6 is 43.6 Å². The number of carbonyl (C=O) groups is 1. The van der Waals surface area contributed by atoms with Gasteiger partial charge in [0.25, 0.3) is 5.91 Å². The maximum Gasteiger partial charge on any atom is 0.262 e. The van der Waals surface area contributed by atoms with Gasteiger partial charge in [-0.25, -0.2) is 8.42 Å². The van der Waals surface area contributed by atoms with Crippen LogP contribution in [0.4, 0.5) is 5.69 Å². The van der Waals surface area contributed by atoms with Gasteiger partial charge in [0.1, 0.15) is 5.75 Å². The first-order valence-electron chi connectivity index (χ1n) is 9.41. The third-order valence-corrected chi connectivity index (χ3v) is 9.02. The average molecular weight is 595 g/mol. The smallest absolute Gasteiger partial charge is 0.262 e. The Morgan fingerprint density at radius 2 is 1.72 bits per heavy atom. The Morgan fingerprint density at radius 1 is 1.03 bits per heavy atom. The first kappa shape index (κ1) is 23.1. The van der Waals surface area contributed by atoms with Crippen molar-refractivity contribution in [1.29, 1.82) is 0 Å². The zero-order valence-corrected chi connectivity index (χ0v) is 21.6. The summed E-state index contributed by atoms with van der Waals surface area (Å²) in [7, 11) is -2.02. The van der Waals surface area contributed by atoms with Crippen molar-refractivity contribution in [2.45, 2.75) is 15.5 Å². The SMILES string of the molecule is COc1ccc(C=C2Sc3cc(S(=O)(=O)Cc4c(Br)cccc4Br)ccc3NC2=O)cc1. The Balaban J connectivity index is 1.64. The third-order valence-electron chi connectivity index (χ3n) is 4.81. The van der Waals surface area contributed by atoms with E-state index in [1.54, 1.807) is 25.3 Å². The number of rotatable bonds is 5. The average Bonchev–Trinajstić information content (AvgIpc) is 2.77. The van der Waals surface area contributed by atoms with E-state index in [4.69, 9.17) is 4.74 Å². The quantitative estimate of drug-likeness (QED) is 0.352. The van der Waals surface area contributed by atoms with Crippen molar-refractivity contribution in [2.24, 2.45) is 0 Å². The van der Waals surface area contributed by atoms with E-state index in [-0.39, 0.29) is 16.6 Å². The molecule has 0 aliphatic carbocycles. The molecule has 0 spiro atoms. The fourth-order valence-electron chi connectivity index (χ4n) is 3.12. The Labute approximate surface area is 207 Å². The highest BCUT2D eigenvalue weighted by molar-refractivity contribution is 9.11. The van der Waals surface area contributed by atoms with Gasteiger partial charge in [-0.3, -0.25) is 4.79 Å². The number of ether oxygens (including phenoxy) is 1. The number of halogens is 2. The summed E-state index contributed by atoms with van der Waals surface area (Å²) >= 11 is 8.10. The lowest BCUT2D eigenvalue weighted by Gasteiger charge is -2.19. The van der Waals surface area contributed by atoms with E-state index < -0.39 is 9.84 Å². The van der Waals surface area contributed by atoms with Gasteiger partial charge in [0, 0.05) is 13.8 Å². The molecule has 0 saturated carbocycles. The molecule has 0 radical (unpaired) electrons. The Hall–Kier alpha value is -2.07. The molecule has 1 amide bonds. The summed E-state index contributed by atoms with van der Waals surface area (Å²) in [4.78, 5) is 13.9. The van der Waals surface area contributed by atoms with Crippen molar-refractivity contribution in [2.75, 3.05) is 12.4 Å². The molecule has 1 aliphatic heterocycles. The number of carbonyl (C=O) groups excluding carboxylic acids is 1. The van der Waals surface area contributed by atoms with E-state index in [1.807, 2.05) is 42.5 Å². The van der Waals surface area contributed by atoms with Gasteiger partial charge in [-0.2, -0.15) is 0 Å². The molecule has 3 aromatic rings. The molecule has 32 heavy (non-hydrogen) atoms. The summed E-state index contributed by atoms with van der Waals surface area (Å²) in [6.45, 7) is 0. The Morgan fingerprint density at radius 3 is 2.38 bits per heavy atom. The van der Waals surface area contributed by atoms with Gasteiger partial charge in [-0.15, -0.1) is 0 Å². The second-order valence-corrected chi connectivity index (χ2v) is 11.7. The number of sulfone groups is 1. The largest absolute Gasteiger partial charge is 0.497 e. The van der Waals surface area contributed by atoms with E-state index in [2.05, 4.69) is 37.2 Å². The first-order chi connectivity index (χ1) is 15.3. The van der Waals surface area contributed by atoms with Crippen molar-refractivity contribution < 1.29 is 17.9 Å². The number of amides is 1. The molecule has 0 unspecified atom stereocenters. The number of benzene rings is 3. The zero-order valence-electron chi connectivity index (χ0n) is 16.8. The molecule has 9 heteroatoms. The molecule has 1 heterocycles. The fraction of sp³-hybridized carbons (Fsp3) is 0.0870. The van der Waals surface area contributed by atoms with E-state index in [0.29, 0.717) is 21.1 Å². The van der Waals surface area contributed by atoms with Crippen LogP contribution in [0.1, 0.15) is 11.1 Å². The van der Waals surface area contributed by atoms with Crippen LogP contribution < -0.4 is 10.1 Å². The van der Waals surface area contributed by atoms with Crippen molar-refractivity contribution in [3.63, 3.8) is 0 Å². The molecule has 5 nitrogen and oxygen atoms in total. The van der Waals surface area contributed by atoms with Crippen LogP contribution in [0.5, 0.6) is 5.75 Å². The van der Waals surface area contributed by atoms with Crippen molar-refractivity contribution in [3.05, 3.63) is 85.6 Å². The monoisotopic (exact) mass is 593 g/mol. The highest BCUT2D eigenvalue weighted by Gasteiger charge is 2.25. The number of nitrogens with one attached hydrogen (secondary N) is 1. The number of fused-ring (bicyclic) bond motifs is 1. The molecular weight excluding hydrogens is 578 g/mol. The van der Waals surface area contributed by atoms with Gasteiger partial charge in [0.05, 0.1) is 28.4 Å². The maximum absolute atomic E-state index is 13.1. The molecule has 0 saturated heterocycles. The van der Waals surface area contributed by atoms with Crippen LogP contribution in [0.3, 0.4) is 0 Å². The number of anilines is 1. The molecule has 0 fully saturated rings. The Bertz CT molecular complexity index is 1320. The highest BCUT2D eigenvalue weighted by atomic mass is 79.9. The first-order valence-corrected chi connectivity index (χ1v) is 13.5. The minimum absolute atomic E-state index is 0.153. The Kier molecular flexibility index (Phi) is 6.80. The van der Waals surface area contributed by atoms with E-state index in [9.17, 15) is 13.2 Å². The zero-order chi connectivity index (χ0) is 22.9. The number of hydrogen-bond donors (Lipinski definition) is 1. The van der Waals surface area contributed by atoms with Gasteiger partial charge in [0.15, 0.2) is 9.84 Å². The normalized spacial score (nSPS) is 14.7. The standard InChI is InChI=1S/C23H17Br2NO4S2/c1-30-15-7-5-14(6-8-15)11-22-23(27)26-20-10-9-16(12-21(20)31-22)32(28,29)13-17-18(24)3-2-4-19(17)25/h2-12H,13H2,1H3,(H,26,27). The second kappa shape index (κ2) is 9.43. The molecule has 0 aromatic heterocycles. The van der Waals surface area contributed by atoms with Gasteiger partial charge in [-0.1, -0.05) is 61.8 Å². The topological polar surface area (TPSA) is 72.5 Å². The molecule has 0 atom stereocenters. The summed E-state index contributed by atoms with van der Waals surface area (Å²) in [6, 6.07) is 17.6. The highest BCUT2D eigenvalue weighted by Crippen LogP contribution is 2.41. The summed E-state index contributed by atoms with van der Waals surface area (Å²) in [5.41, 5.74) is 2.09. The molecule has 1 aliphatic rings. The van der Waals surface area contributed by atoms with Gasteiger partial charge < -0.3 is 10.1 Å². The van der Waals surface area contributed by atoms with Crippen molar-refractivity contribution >= 4 is 71.1 Å². The minimum Gasteiger partial charge on any atom is -0.497 e. The minimum atomic E-state index is -3.61. The van der Waals surface area contributed by atoms with E-state index in [1.165, 1.54) is 17.8 Å². The van der Waals surface area contributed by atoms with Crippen molar-refractivity contribution in [1.82, 2.24) is 0 Å². The molecular formula is C23H17Br2NO4S2. The molecule has 4 rings (SSSR count). The summed E-state index contributed by atoms with van der Waals surface area (Å²) in [5.74, 6) is 0.343. The number of hydrogen-bond acceptors (Lipinski definition) is 5. The lowest BCUT2D eigenvalue weighted by molar-refractivity contribution is -0.112. The molecule has 164 valence electrons. The second-order valence-electron chi connectivity index (χ2n) is 6.96. The molecule has 1 N–H and O–H groups in total. The van der Waals surface area contributed by atoms with Gasteiger partial charge >= 0.3 is 0 Å².